The Morgan fingerprint density at radius 2 is 1.73 bits per heavy atom. The number of nitrogens with one attached hydrogen (secondary N) is 1. The summed E-state index contributed by atoms with van der Waals surface area (Å²) < 4.78 is 32.2. The van der Waals surface area contributed by atoms with Crippen molar-refractivity contribution in [2.24, 2.45) is 5.92 Å². The minimum Gasteiger partial charge on any atom is -0.497 e. The van der Waals surface area contributed by atoms with Crippen LogP contribution in [0.2, 0.25) is 0 Å². The van der Waals surface area contributed by atoms with Gasteiger partial charge in [0.2, 0.25) is 15.9 Å². The molecule has 1 amide bonds. The molecule has 1 fully saturated rings. The van der Waals surface area contributed by atoms with Crippen LogP contribution in [0.3, 0.4) is 0 Å². The van der Waals surface area contributed by atoms with Gasteiger partial charge in [-0.3, -0.25) is 4.79 Å². The highest BCUT2D eigenvalue weighted by Gasteiger charge is 2.32. The summed E-state index contributed by atoms with van der Waals surface area (Å²) in [6.45, 7) is 2.72. The molecule has 0 saturated carbocycles. The zero-order valence-corrected chi connectivity index (χ0v) is 18.4. The van der Waals surface area contributed by atoms with Crippen LogP contribution in [0.5, 0.6) is 5.75 Å². The van der Waals surface area contributed by atoms with Crippen molar-refractivity contribution in [2.75, 3.05) is 20.2 Å². The summed E-state index contributed by atoms with van der Waals surface area (Å²) in [5.41, 5.74) is 1.26. The first-order chi connectivity index (χ1) is 14.4. The maximum Gasteiger partial charge on any atom is 0.243 e. The van der Waals surface area contributed by atoms with Crippen LogP contribution < -0.4 is 10.1 Å². The van der Waals surface area contributed by atoms with Crippen LogP contribution >= 0.6 is 0 Å². The van der Waals surface area contributed by atoms with Crippen molar-refractivity contribution in [3.8, 4) is 5.75 Å². The summed E-state index contributed by atoms with van der Waals surface area (Å²) in [5.74, 6) is 0.495. The molecule has 1 N–H and O–H groups in total. The first kappa shape index (κ1) is 22.3. The third-order valence-corrected chi connectivity index (χ3v) is 7.53. The Morgan fingerprint density at radius 1 is 1.10 bits per heavy atom. The smallest absolute Gasteiger partial charge is 0.243 e. The molecule has 6 nitrogen and oxygen atoms in total. The number of sulfonamides is 1. The number of carbonyl (C=O) groups excluding carboxylic acids is 1. The molecule has 0 bridgehead atoms. The standard InChI is InChI=1S/C23H30N2O4S/c1-18(8-9-19-6-4-3-5-7-19)24-23(26)20-14-16-25(17-15-20)30(27,28)22-12-10-21(29-2)11-13-22/h3-7,10-13,18,20H,8-9,14-17H2,1-2H3,(H,24,26)/t18-/m0/s1. The number of hydrogen-bond acceptors (Lipinski definition) is 4. The molecule has 0 aromatic heterocycles. The SMILES string of the molecule is COc1ccc(S(=O)(=O)N2CCC(C(=O)N[C@@H](C)CCc3ccccc3)CC2)cc1. The predicted octanol–water partition coefficient (Wildman–Crippen LogP) is 3.23. The van der Waals surface area contributed by atoms with Crippen molar-refractivity contribution in [2.45, 2.75) is 43.5 Å². The Labute approximate surface area is 179 Å². The van der Waals surface area contributed by atoms with Crippen molar-refractivity contribution in [1.82, 2.24) is 9.62 Å². The molecule has 3 rings (SSSR count). The lowest BCUT2D eigenvalue weighted by atomic mass is 9.96. The van der Waals surface area contributed by atoms with E-state index in [1.807, 2.05) is 25.1 Å². The molecule has 1 aliphatic rings. The summed E-state index contributed by atoms with van der Waals surface area (Å²) in [6, 6.07) is 16.7. The molecular formula is C23H30N2O4S. The minimum absolute atomic E-state index is 0.0251. The van der Waals surface area contributed by atoms with E-state index in [2.05, 4.69) is 17.4 Å². The number of ether oxygens (including phenoxy) is 1. The number of amides is 1. The highest BCUT2D eigenvalue weighted by Crippen LogP contribution is 2.25. The quantitative estimate of drug-likeness (QED) is 0.698. The zero-order valence-electron chi connectivity index (χ0n) is 17.6. The third kappa shape index (κ3) is 5.61. The van der Waals surface area contributed by atoms with E-state index in [4.69, 9.17) is 4.74 Å². The first-order valence-corrected chi connectivity index (χ1v) is 11.8. The Hall–Kier alpha value is -2.38. The number of nitrogens with zero attached hydrogens (tertiary/aromatic N) is 1. The van der Waals surface area contributed by atoms with Gasteiger partial charge >= 0.3 is 0 Å². The van der Waals surface area contributed by atoms with Gasteiger partial charge in [0.25, 0.3) is 0 Å². The fourth-order valence-corrected chi connectivity index (χ4v) is 5.19. The Bertz CT molecular complexity index is 921. The fraction of sp³-hybridized carbons (Fsp3) is 0.435. The topological polar surface area (TPSA) is 75.7 Å². The van der Waals surface area contributed by atoms with E-state index < -0.39 is 10.0 Å². The molecule has 2 aromatic carbocycles. The van der Waals surface area contributed by atoms with E-state index in [1.54, 1.807) is 31.4 Å². The summed E-state index contributed by atoms with van der Waals surface area (Å²) >= 11 is 0. The van der Waals surface area contributed by atoms with Gasteiger partial charge in [0.1, 0.15) is 5.75 Å². The van der Waals surface area contributed by atoms with Crippen LogP contribution in [0.15, 0.2) is 59.5 Å². The monoisotopic (exact) mass is 430 g/mol. The molecule has 162 valence electrons. The van der Waals surface area contributed by atoms with Gasteiger partial charge in [0.15, 0.2) is 0 Å². The summed E-state index contributed by atoms with van der Waals surface area (Å²) in [6.07, 6.45) is 2.86. The summed E-state index contributed by atoms with van der Waals surface area (Å²) in [4.78, 5) is 12.9. The Morgan fingerprint density at radius 3 is 2.33 bits per heavy atom. The molecule has 1 aliphatic heterocycles. The molecule has 2 aromatic rings. The van der Waals surface area contributed by atoms with Gasteiger partial charge in [-0.1, -0.05) is 30.3 Å². The number of methoxy groups -OCH3 is 1. The lowest BCUT2D eigenvalue weighted by Gasteiger charge is -2.31. The minimum atomic E-state index is -3.55. The highest BCUT2D eigenvalue weighted by atomic mass is 32.2. The van der Waals surface area contributed by atoms with Crippen LogP contribution in [0.25, 0.3) is 0 Å². The van der Waals surface area contributed by atoms with Gasteiger partial charge in [-0.15, -0.1) is 0 Å². The van der Waals surface area contributed by atoms with E-state index in [1.165, 1.54) is 9.87 Å². The lowest BCUT2D eigenvalue weighted by Crippen LogP contribution is -2.44. The largest absolute Gasteiger partial charge is 0.497 e. The molecule has 0 radical (unpaired) electrons. The first-order valence-electron chi connectivity index (χ1n) is 10.4. The van der Waals surface area contributed by atoms with Gasteiger partial charge in [0.05, 0.1) is 12.0 Å². The average Bonchev–Trinajstić information content (AvgIpc) is 2.78. The van der Waals surface area contributed by atoms with Crippen LogP contribution in [-0.4, -0.2) is 44.9 Å². The number of hydrogen-bond donors (Lipinski definition) is 1. The normalized spacial score (nSPS) is 16.7. The molecule has 30 heavy (non-hydrogen) atoms. The number of rotatable bonds is 8. The van der Waals surface area contributed by atoms with Crippen molar-refractivity contribution < 1.29 is 17.9 Å². The molecule has 7 heteroatoms. The van der Waals surface area contributed by atoms with E-state index in [-0.39, 0.29) is 22.8 Å². The van der Waals surface area contributed by atoms with Gasteiger partial charge in [0, 0.05) is 25.0 Å². The van der Waals surface area contributed by atoms with Crippen LogP contribution in [0.1, 0.15) is 31.7 Å². The second-order valence-corrected chi connectivity index (χ2v) is 9.73. The average molecular weight is 431 g/mol. The number of piperidine rings is 1. The lowest BCUT2D eigenvalue weighted by molar-refractivity contribution is -0.126. The van der Waals surface area contributed by atoms with E-state index in [0.29, 0.717) is 31.7 Å². The Kier molecular flexibility index (Phi) is 7.50. The van der Waals surface area contributed by atoms with E-state index >= 15 is 0 Å². The zero-order chi connectivity index (χ0) is 21.6. The second kappa shape index (κ2) is 10.1. The maximum atomic E-state index is 12.8. The maximum absolute atomic E-state index is 12.8. The molecule has 0 aliphatic carbocycles. The van der Waals surface area contributed by atoms with Gasteiger partial charge in [-0.2, -0.15) is 4.31 Å². The predicted molar refractivity (Wildman–Crippen MR) is 117 cm³/mol. The van der Waals surface area contributed by atoms with Crippen molar-refractivity contribution in [3.63, 3.8) is 0 Å². The van der Waals surface area contributed by atoms with Crippen molar-refractivity contribution in [3.05, 3.63) is 60.2 Å². The van der Waals surface area contributed by atoms with Crippen molar-refractivity contribution in [1.29, 1.82) is 0 Å². The molecule has 0 spiro atoms. The van der Waals surface area contributed by atoms with Crippen LogP contribution in [0.4, 0.5) is 0 Å². The number of aryl methyl sites for hydroxylation is 1. The molecule has 1 saturated heterocycles. The second-order valence-electron chi connectivity index (χ2n) is 7.79. The molecule has 0 unspecified atom stereocenters. The number of benzene rings is 2. The Balaban J connectivity index is 1.48. The van der Waals surface area contributed by atoms with Gasteiger partial charge in [-0.05, 0) is 62.4 Å². The van der Waals surface area contributed by atoms with E-state index in [0.717, 1.165) is 12.8 Å². The summed E-state index contributed by atoms with van der Waals surface area (Å²) in [5, 5.41) is 3.10. The molecule has 1 heterocycles. The summed E-state index contributed by atoms with van der Waals surface area (Å²) in [7, 11) is -2.01. The number of carbonyl (C=O) groups is 1. The molecule has 1 atom stereocenters. The molecular weight excluding hydrogens is 400 g/mol. The van der Waals surface area contributed by atoms with Gasteiger partial charge in [-0.25, -0.2) is 8.42 Å². The van der Waals surface area contributed by atoms with Crippen LogP contribution in [-0.2, 0) is 21.2 Å². The van der Waals surface area contributed by atoms with E-state index in [9.17, 15) is 13.2 Å². The van der Waals surface area contributed by atoms with Crippen LogP contribution in [0, 0.1) is 5.92 Å². The fourth-order valence-electron chi connectivity index (χ4n) is 3.72. The van der Waals surface area contributed by atoms with Crippen molar-refractivity contribution >= 4 is 15.9 Å². The third-order valence-electron chi connectivity index (χ3n) is 5.62. The highest BCUT2D eigenvalue weighted by molar-refractivity contribution is 7.89. The van der Waals surface area contributed by atoms with Gasteiger partial charge < -0.3 is 10.1 Å².